The lowest BCUT2D eigenvalue weighted by Crippen LogP contribution is -2.52. The Labute approximate surface area is 209 Å². The van der Waals surface area contributed by atoms with Crippen molar-refractivity contribution in [3.63, 3.8) is 0 Å². The van der Waals surface area contributed by atoms with Gasteiger partial charge in [0.25, 0.3) is 0 Å². The number of benzene rings is 3. The third-order valence-corrected chi connectivity index (χ3v) is 6.60. The Morgan fingerprint density at radius 2 is 1.14 bits per heavy atom. The van der Waals surface area contributed by atoms with Gasteiger partial charge in [-0.2, -0.15) is 0 Å². The maximum Gasteiger partial charge on any atom is 0.328 e. The first kappa shape index (κ1) is 26.2. The molecule has 0 fully saturated rings. The smallest absolute Gasteiger partial charge is 0.328 e. The minimum Gasteiger partial charge on any atom is -0.467 e. The van der Waals surface area contributed by atoms with Crippen molar-refractivity contribution in [2.24, 2.45) is 0 Å². The number of amides is 1. The van der Waals surface area contributed by atoms with E-state index >= 15 is 0 Å². The lowest BCUT2D eigenvalue weighted by Gasteiger charge is -2.35. The van der Waals surface area contributed by atoms with Gasteiger partial charge in [-0.1, -0.05) is 136 Å². The fraction of sp³-hybridized carbons (Fsp3) is 0.355. The minimum atomic E-state index is -1.11. The van der Waals surface area contributed by atoms with E-state index in [1.807, 2.05) is 91.0 Å². The predicted octanol–water partition coefficient (Wildman–Crippen LogP) is 6.43. The van der Waals surface area contributed by atoms with E-state index in [0.717, 1.165) is 36.0 Å². The molecule has 0 bridgehead atoms. The molecule has 3 aromatic rings. The molecule has 4 heteroatoms. The summed E-state index contributed by atoms with van der Waals surface area (Å²) in [6, 6.07) is 28.6. The molecule has 0 aliphatic carbocycles. The number of carbonyl (C=O) groups excluding carboxylic acids is 2. The van der Waals surface area contributed by atoms with Gasteiger partial charge in [-0.05, 0) is 23.1 Å². The summed E-state index contributed by atoms with van der Waals surface area (Å²) in [7, 11) is 1.38. The summed E-state index contributed by atoms with van der Waals surface area (Å²) < 4.78 is 5.08. The molecule has 1 N–H and O–H groups in total. The van der Waals surface area contributed by atoms with Gasteiger partial charge in [0.15, 0.2) is 0 Å². The third-order valence-electron chi connectivity index (χ3n) is 6.60. The molecule has 4 nitrogen and oxygen atoms in total. The van der Waals surface area contributed by atoms with Crippen LogP contribution < -0.4 is 5.32 Å². The number of ether oxygens (including phenoxy) is 1. The molecule has 35 heavy (non-hydrogen) atoms. The zero-order valence-electron chi connectivity index (χ0n) is 20.9. The molecule has 1 atom stereocenters. The molecule has 0 aliphatic rings. The SMILES string of the molecule is CCCCCCCC[C@H](NC(=O)C(c1ccccc1)(c1ccccc1)c1ccccc1)C(=O)OC. The van der Waals surface area contributed by atoms with E-state index in [1.165, 1.54) is 26.4 Å². The van der Waals surface area contributed by atoms with Crippen LogP contribution in [0.25, 0.3) is 0 Å². The first-order valence-corrected chi connectivity index (χ1v) is 12.7. The zero-order valence-corrected chi connectivity index (χ0v) is 20.9. The van der Waals surface area contributed by atoms with Crippen LogP contribution in [0.3, 0.4) is 0 Å². The molecule has 0 saturated carbocycles. The van der Waals surface area contributed by atoms with Crippen LogP contribution in [0.15, 0.2) is 91.0 Å². The largest absolute Gasteiger partial charge is 0.467 e. The summed E-state index contributed by atoms with van der Waals surface area (Å²) in [6.45, 7) is 2.20. The quantitative estimate of drug-likeness (QED) is 0.178. The predicted molar refractivity (Wildman–Crippen MR) is 141 cm³/mol. The van der Waals surface area contributed by atoms with E-state index in [0.29, 0.717) is 6.42 Å². The molecule has 0 heterocycles. The molecule has 184 valence electrons. The molecule has 3 rings (SSSR count). The second-order valence-corrected chi connectivity index (χ2v) is 8.95. The van der Waals surface area contributed by atoms with Crippen molar-refractivity contribution in [1.82, 2.24) is 5.32 Å². The number of esters is 1. The molecular formula is C31H37NO3. The molecule has 0 aromatic heterocycles. The van der Waals surface area contributed by atoms with Gasteiger partial charge in [-0.25, -0.2) is 4.79 Å². The number of rotatable bonds is 13. The van der Waals surface area contributed by atoms with Gasteiger partial charge in [0.2, 0.25) is 5.91 Å². The van der Waals surface area contributed by atoms with Crippen molar-refractivity contribution in [1.29, 1.82) is 0 Å². The van der Waals surface area contributed by atoms with E-state index < -0.39 is 17.4 Å². The number of unbranched alkanes of at least 4 members (excludes halogenated alkanes) is 5. The van der Waals surface area contributed by atoms with E-state index in [9.17, 15) is 9.59 Å². The molecule has 1 amide bonds. The highest BCUT2D eigenvalue weighted by Gasteiger charge is 2.45. The summed E-state index contributed by atoms with van der Waals surface area (Å²) in [5.41, 5.74) is 1.42. The van der Waals surface area contributed by atoms with Gasteiger partial charge < -0.3 is 10.1 Å². The summed E-state index contributed by atoms with van der Waals surface area (Å²) in [4.78, 5) is 27.1. The van der Waals surface area contributed by atoms with Crippen molar-refractivity contribution in [3.05, 3.63) is 108 Å². The molecule has 0 aliphatic heterocycles. The highest BCUT2D eigenvalue weighted by Crippen LogP contribution is 2.39. The van der Waals surface area contributed by atoms with Crippen molar-refractivity contribution in [2.75, 3.05) is 7.11 Å². The maximum atomic E-state index is 14.4. The Morgan fingerprint density at radius 1 is 0.714 bits per heavy atom. The maximum absolute atomic E-state index is 14.4. The van der Waals surface area contributed by atoms with Gasteiger partial charge in [0.1, 0.15) is 11.5 Å². The van der Waals surface area contributed by atoms with E-state index in [2.05, 4.69) is 12.2 Å². The molecule has 0 spiro atoms. The first-order chi connectivity index (χ1) is 17.1. The molecule has 3 aromatic carbocycles. The van der Waals surface area contributed by atoms with Crippen molar-refractivity contribution in [2.45, 2.75) is 63.3 Å². The fourth-order valence-corrected chi connectivity index (χ4v) is 4.74. The van der Waals surface area contributed by atoms with Gasteiger partial charge in [0.05, 0.1) is 7.11 Å². The van der Waals surface area contributed by atoms with Gasteiger partial charge in [0, 0.05) is 0 Å². The van der Waals surface area contributed by atoms with Crippen LogP contribution in [0.4, 0.5) is 0 Å². The molecule has 0 unspecified atom stereocenters. The monoisotopic (exact) mass is 471 g/mol. The van der Waals surface area contributed by atoms with Crippen LogP contribution in [0.2, 0.25) is 0 Å². The van der Waals surface area contributed by atoms with Crippen LogP contribution >= 0.6 is 0 Å². The Morgan fingerprint density at radius 3 is 1.57 bits per heavy atom. The van der Waals surface area contributed by atoms with Gasteiger partial charge >= 0.3 is 5.97 Å². The first-order valence-electron chi connectivity index (χ1n) is 12.7. The average Bonchev–Trinajstić information content (AvgIpc) is 2.92. The van der Waals surface area contributed by atoms with Crippen molar-refractivity contribution in [3.8, 4) is 0 Å². The number of methoxy groups -OCH3 is 1. The summed E-state index contributed by atoms with van der Waals surface area (Å²) in [5, 5.41) is 3.09. The lowest BCUT2D eigenvalue weighted by atomic mass is 9.68. The average molecular weight is 472 g/mol. The van der Waals surface area contributed by atoms with Crippen molar-refractivity contribution >= 4 is 11.9 Å². The Kier molecular flexibility index (Phi) is 10.1. The third kappa shape index (κ3) is 6.39. The number of hydrogen-bond donors (Lipinski definition) is 1. The second-order valence-electron chi connectivity index (χ2n) is 8.95. The molecular weight excluding hydrogens is 434 g/mol. The number of nitrogens with one attached hydrogen (secondary N) is 1. The molecule has 0 saturated heterocycles. The van der Waals surface area contributed by atoms with E-state index in [4.69, 9.17) is 4.74 Å². The van der Waals surface area contributed by atoms with Crippen LogP contribution in [-0.4, -0.2) is 25.0 Å². The Bertz CT molecular complexity index is 938. The standard InChI is InChI=1S/C31H37NO3/c1-3-4-5-6-7-17-24-28(29(33)35-2)32-30(34)31(25-18-11-8-12-19-25,26-20-13-9-14-21-26)27-22-15-10-16-23-27/h8-16,18-23,28H,3-7,17,24H2,1-2H3,(H,32,34)/t28-/m0/s1. The molecule has 0 radical (unpaired) electrons. The lowest BCUT2D eigenvalue weighted by molar-refractivity contribution is -0.145. The van der Waals surface area contributed by atoms with Crippen molar-refractivity contribution < 1.29 is 14.3 Å². The summed E-state index contributed by atoms with van der Waals surface area (Å²) >= 11 is 0. The number of carbonyl (C=O) groups is 2. The topological polar surface area (TPSA) is 55.4 Å². The normalized spacial score (nSPS) is 12.1. The highest BCUT2D eigenvalue weighted by molar-refractivity contribution is 5.98. The highest BCUT2D eigenvalue weighted by atomic mass is 16.5. The summed E-state index contributed by atoms with van der Waals surface area (Å²) in [6.07, 6.45) is 7.21. The van der Waals surface area contributed by atoms with Crippen LogP contribution in [-0.2, 0) is 19.7 Å². The number of hydrogen-bond acceptors (Lipinski definition) is 3. The van der Waals surface area contributed by atoms with E-state index in [-0.39, 0.29) is 5.91 Å². The second kappa shape index (κ2) is 13.5. The van der Waals surface area contributed by atoms with Gasteiger partial charge in [-0.3, -0.25) is 4.79 Å². The van der Waals surface area contributed by atoms with E-state index in [1.54, 1.807) is 0 Å². The Hall–Kier alpha value is -3.40. The summed E-state index contributed by atoms with van der Waals surface area (Å²) in [5.74, 6) is -0.641. The fourth-order valence-electron chi connectivity index (χ4n) is 4.74. The minimum absolute atomic E-state index is 0.234. The van der Waals surface area contributed by atoms with Crippen LogP contribution in [0, 0.1) is 0 Å². The van der Waals surface area contributed by atoms with Crippen LogP contribution in [0.1, 0.15) is 68.6 Å². The van der Waals surface area contributed by atoms with Crippen LogP contribution in [0.5, 0.6) is 0 Å². The zero-order chi connectivity index (χ0) is 24.9. The Balaban J connectivity index is 1.99. The van der Waals surface area contributed by atoms with Gasteiger partial charge in [-0.15, -0.1) is 0 Å².